The van der Waals surface area contributed by atoms with E-state index in [9.17, 15) is 0 Å². The van der Waals surface area contributed by atoms with Gasteiger partial charge < -0.3 is 19.4 Å². The van der Waals surface area contributed by atoms with Crippen molar-refractivity contribution in [1.29, 1.82) is 0 Å². The van der Waals surface area contributed by atoms with E-state index in [4.69, 9.17) is 9.15 Å². The summed E-state index contributed by atoms with van der Waals surface area (Å²) in [6.07, 6.45) is 0. The molecule has 0 unspecified atom stereocenters. The van der Waals surface area contributed by atoms with E-state index in [-0.39, 0.29) is 0 Å². The molecule has 0 aliphatic heterocycles. The van der Waals surface area contributed by atoms with Crippen molar-refractivity contribution in [3.05, 3.63) is 53.9 Å². The molecule has 0 atom stereocenters. The second-order valence-corrected chi connectivity index (χ2v) is 6.23. The van der Waals surface area contributed by atoms with E-state index < -0.39 is 0 Å². The smallest absolute Gasteiger partial charge is 0.251 e. The highest BCUT2D eigenvalue weighted by atomic mass is 16.5. The number of aryl methyl sites for hydroxylation is 1. The number of hydrogen-bond donors (Lipinski definition) is 1. The van der Waals surface area contributed by atoms with Gasteiger partial charge in [-0.05, 0) is 56.7 Å². The monoisotopic (exact) mass is 366 g/mol. The lowest BCUT2D eigenvalue weighted by atomic mass is 10.1. The molecule has 6 nitrogen and oxygen atoms in total. The van der Waals surface area contributed by atoms with Gasteiger partial charge in [-0.15, -0.1) is 10.2 Å². The predicted octanol–water partition coefficient (Wildman–Crippen LogP) is 4.51. The van der Waals surface area contributed by atoms with Crippen molar-refractivity contribution < 1.29 is 9.15 Å². The van der Waals surface area contributed by atoms with Crippen LogP contribution >= 0.6 is 0 Å². The van der Waals surface area contributed by atoms with Crippen LogP contribution in [-0.4, -0.2) is 30.4 Å². The van der Waals surface area contributed by atoms with E-state index in [2.05, 4.69) is 59.4 Å². The molecule has 1 aromatic heterocycles. The summed E-state index contributed by atoms with van der Waals surface area (Å²) in [4.78, 5) is 2.33. The number of nitrogens with one attached hydrogen (secondary N) is 1. The molecule has 0 aliphatic rings. The molecule has 6 heteroatoms. The molecule has 2 aromatic carbocycles. The van der Waals surface area contributed by atoms with Crippen molar-refractivity contribution in [2.24, 2.45) is 0 Å². The Morgan fingerprint density at radius 1 is 1.07 bits per heavy atom. The molecule has 3 aromatic rings. The lowest BCUT2D eigenvalue weighted by Crippen LogP contribution is -2.21. The van der Waals surface area contributed by atoms with Crippen LogP contribution in [0.5, 0.6) is 5.75 Å². The normalized spacial score (nSPS) is 10.7. The summed E-state index contributed by atoms with van der Waals surface area (Å²) < 4.78 is 11.2. The summed E-state index contributed by atoms with van der Waals surface area (Å²) in [5.74, 6) is 1.70. The minimum Gasteiger partial charge on any atom is -0.496 e. The number of rotatable bonds is 8. The molecular weight excluding hydrogens is 340 g/mol. The maximum absolute atomic E-state index is 5.80. The van der Waals surface area contributed by atoms with Gasteiger partial charge in [-0.3, -0.25) is 0 Å². The molecule has 0 radical (unpaired) electrons. The minimum atomic E-state index is 0.456. The van der Waals surface area contributed by atoms with Gasteiger partial charge in [0.2, 0.25) is 5.89 Å². The maximum atomic E-state index is 5.80. The highest BCUT2D eigenvalue weighted by Gasteiger charge is 2.13. The van der Waals surface area contributed by atoms with Gasteiger partial charge in [-0.2, -0.15) is 0 Å². The predicted molar refractivity (Wildman–Crippen MR) is 108 cm³/mol. The van der Waals surface area contributed by atoms with Gasteiger partial charge in [-0.1, -0.05) is 12.1 Å². The van der Waals surface area contributed by atoms with Crippen molar-refractivity contribution in [2.75, 3.05) is 30.4 Å². The molecule has 0 saturated heterocycles. The van der Waals surface area contributed by atoms with Gasteiger partial charge >= 0.3 is 0 Å². The van der Waals surface area contributed by atoms with Gasteiger partial charge in [0.15, 0.2) is 0 Å². The van der Waals surface area contributed by atoms with Gasteiger partial charge in [0.1, 0.15) is 5.75 Å². The summed E-state index contributed by atoms with van der Waals surface area (Å²) in [5.41, 5.74) is 4.27. The van der Waals surface area contributed by atoms with Crippen molar-refractivity contribution in [3.8, 4) is 17.2 Å². The molecule has 27 heavy (non-hydrogen) atoms. The van der Waals surface area contributed by atoms with Crippen LogP contribution in [0.2, 0.25) is 0 Å². The molecule has 0 bridgehead atoms. The zero-order chi connectivity index (χ0) is 19.2. The van der Waals surface area contributed by atoms with Crippen LogP contribution in [0.25, 0.3) is 11.5 Å². The Morgan fingerprint density at radius 2 is 1.85 bits per heavy atom. The Balaban J connectivity index is 1.70. The Kier molecular flexibility index (Phi) is 5.96. The van der Waals surface area contributed by atoms with Crippen LogP contribution in [0.3, 0.4) is 0 Å². The van der Waals surface area contributed by atoms with Crippen LogP contribution < -0.4 is 15.0 Å². The van der Waals surface area contributed by atoms with Gasteiger partial charge in [0.25, 0.3) is 5.89 Å². The van der Waals surface area contributed by atoms with Gasteiger partial charge in [0, 0.05) is 24.5 Å². The standard InChI is InChI=1S/C21H26N4O2/c1-5-25(6-2)16-11-12-18(15(3)13-16)22-14-20-23-24-21(27-20)17-9-7-8-10-19(17)26-4/h7-13,22H,5-6,14H2,1-4H3. The van der Waals surface area contributed by atoms with E-state index in [0.29, 0.717) is 24.1 Å². The van der Waals surface area contributed by atoms with Crippen LogP contribution in [0.15, 0.2) is 46.9 Å². The highest BCUT2D eigenvalue weighted by molar-refractivity contribution is 5.62. The lowest BCUT2D eigenvalue weighted by Gasteiger charge is -2.22. The first-order valence-electron chi connectivity index (χ1n) is 9.21. The zero-order valence-corrected chi connectivity index (χ0v) is 16.3. The maximum Gasteiger partial charge on any atom is 0.251 e. The molecule has 1 heterocycles. The summed E-state index contributed by atoms with van der Waals surface area (Å²) >= 11 is 0. The quantitative estimate of drug-likeness (QED) is 0.633. The number of methoxy groups -OCH3 is 1. The van der Waals surface area contributed by atoms with Crippen LogP contribution in [-0.2, 0) is 6.54 Å². The van der Waals surface area contributed by atoms with Gasteiger partial charge in [-0.25, -0.2) is 0 Å². The third kappa shape index (κ3) is 4.22. The number of para-hydroxylation sites is 1. The average molecular weight is 366 g/mol. The molecule has 0 fully saturated rings. The first-order valence-corrected chi connectivity index (χ1v) is 9.21. The number of benzene rings is 2. The molecule has 1 N–H and O–H groups in total. The SMILES string of the molecule is CCN(CC)c1ccc(NCc2nnc(-c3ccccc3OC)o2)c(C)c1. The Hall–Kier alpha value is -3.02. The van der Waals surface area contributed by atoms with Gasteiger partial charge in [0.05, 0.1) is 19.2 Å². The number of ether oxygens (including phenoxy) is 1. The Bertz CT molecular complexity index is 887. The summed E-state index contributed by atoms with van der Waals surface area (Å²) in [7, 11) is 1.63. The first kappa shape index (κ1) is 18.8. The second kappa shape index (κ2) is 8.58. The summed E-state index contributed by atoms with van der Waals surface area (Å²) in [6.45, 7) is 8.89. The fourth-order valence-corrected chi connectivity index (χ4v) is 3.06. The number of anilines is 2. The van der Waals surface area contributed by atoms with Crippen molar-refractivity contribution >= 4 is 11.4 Å². The zero-order valence-electron chi connectivity index (χ0n) is 16.3. The van der Waals surface area contributed by atoms with Crippen molar-refractivity contribution in [2.45, 2.75) is 27.3 Å². The molecule has 0 aliphatic carbocycles. The average Bonchev–Trinajstić information content (AvgIpc) is 3.17. The van der Waals surface area contributed by atoms with Crippen molar-refractivity contribution in [1.82, 2.24) is 10.2 Å². The van der Waals surface area contributed by atoms with E-state index in [0.717, 1.165) is 24.3 Å². The van der Waals surface area contributed by atoms with Crippen LogP contribution in [0.4, 0.5) is 11.4 Å². The number of hydrogen-bond acceptors (Lipinski definition) is 6. The van der Waals surface area contributed by atoms with E-state index in [1.165, 1.54) is 11.3 Å². The lowest BCUT2D eigenvalue weighted by molar-refractivity contribution is 0.413. The van der Waals surface area contributed by atoms with E-state index in [1.54, 1.807) is 7.11 Å². The summed E-state index contributed by atoms with van der Waals surface area (Å²) in [5, 5.41) is 11.7. The third-order valence-corrected chi connectivity index (χ3v) is 4.57. The number of nitrogens with zero attached hydrogens (tertiary/aromatic N) is 3. The van der Waals surface area contributed by atoms with Crippen LogP contribution in [0, 0.1) is 6.92 Å². The number of aromatic nitrogens is 2. The summed E-state index contributed by atoms with van der Waals surface area (Å²) in [6, 6.07) is 14.0. The van der Waals surface area contributed by atoms with Crippen molar-refractivity contribution in [3.63, 3.8) is 0 Å². The highest BCUT2D eigenvalue weighted by Crippen LogP contribution is 2.28. The molecule has 0 amide bonds. The largest absolute Gasteiger partial charge is 0.496 e. The Morgan fingerprint density at radius 3 is 2.56 bits per heavy atom. The molecule has 142 valence electrons. The second-order valence-electron chi connectivity index (χ2n) is 6.23. The fourth-order valence-electron chi connectivity index (χ4n) is 3.06. The van der Waals surface area contributed by atoms with E-state index in [1.807, 2.05) is 24.3 Å². The first-order chi connectivity index (χ1) is 13.2. The Labute approximate surface area is 160 Å². The molecule has 0 spiro atoms. The topological polar surface area (TPSA) is 63.4 Å². The molecule has 0 saturated carbocycles. The van der Waals surface area contributed by atoms with Crippen LogP contribution in [0.1, 0.15) is 25.3 Å². The fraction of sp³-hybridized carbons (Fsp3) is 0.333. The molecule has 3 rings (SSSR count). The third-order valence-electron chi connectivity index (χ3n) is 4.57. The van der Waals surface area contributed by atoms with E-state index >= 15 is 0 Å². The minimum absolute atomic E-state index is 0.456. The molecular formula is C21H26N4O2.